The number of carbonyl (C=O) groups excluding carboxylic acids is 4. The Labute approximate surface area is 707 Å². The summed E-state index contributed by atoms with van der Waals surface area (Å²) < 4.78 is 35.8. The van der Waals surface area contributed by atoms with E-state index < -0.39 is 12.2 Å². The molecule has 0 saturated heterocycles. The number of nitrogens with zero attached hydrogens (tertiary/aromatic N) is 2. The number of hydrogen-bond donors (Lipinski definition) is 2. The van der Waals surface area contributed by atoms with Crippen LogP contribution in [0.3, 0.4) is 0 Å². The van der Waals surface area contributed by atoms with Gasteiger partial charge in [0.1, 0.15) is 12.2 Å². The van der Waals surface area contributed by atoms with Crippen molar-refractivity contribution in [1.29, 1.82) is 0 Å². The van der Waals surface area contributed by atoms with E-state index in [9.17, 15) is 29.4 Å². The van der Waals surface area contributed by atoms with E-state index in [1.165, 1.54) is 270 Å². The predicted octanol–water partition coefficient (Wildman–Crippen LogP) is 27.7. The second kappa shape index (κ2) is 89.9. The standard InChI is InChI=1S/C100H196N2O12/c1-9-17-25-33-38-51-69-91(65-47-29-21-13-5)85-111-97(105)73-55-42-37-43-59-77-101(78-60-44-56-74-98(106)112-86-92(66-48-30-22-14-6)70-52-39-34-26-18-10-2)81-63-83-109-89-95(103)96(104)90-110-84-64-82-102(79-61-45-57-75-99(107)113-87-93(67-49-31-23-15-7)71-53-40-35-27-19-11-3)80-62-46-58-76-100(108)114-88-94(68-50-32-24-16-8)72-54-41-36-28-20-12-4/h91-96,103-104H,9-90H2,1-8H3. The summed E-state index contributed by atoms with van der Waals surface area (Å²) in [5, 5.41) is 22.1. The third-order valence-corrected chi connectivity index (χ3v) is 24.1. The summed E-state index contributed by atoms with van der Waals surface area (Å²) in [5.74, 6) is 1.69. The van der Waals surface area contributed by atoms with Gasteiger partial charge >= 0.3 is 23.9 Å². The van der Waals surface area contributed by atoms with Gasteiger partial charge in [-0.2, -0.15) is 0 Å². The third kappa shape index (κ3) is 79.4. The molecule has 0 bridgehead atoms. The molecule has 0 fully saturated rings. The van der Waals surface area contributed by atoms with Crippen LogP contribution in [0.1, 0.15) is 492 Å². The fourth-order valence-corrected chi connectivity index (χ4v) is 16.2. The molecule has 0 aromatic rings. The van der Waals surface area contributed by atoms with Gasteiger partial charge in [-0.1, -0.05) is 351 Å². The Bertz CT molecular complexity index is 1920. The number of aliphatic hydroxyl groups excluding tert-OH is 2. The Hall–Kier alpha value is -2.36. The van der Waals surface area contributed by atoms with E-state index in [-0.39, 0.29) is 37.1 Å². The molecule has 0 saturated carbocycles. The molecule has 0 heterocycles. The lowest BCUT2D eigenvalue weighted by atomic mass is 9.95. The molecule has 6 unspecified atom stereocenters. The van der Waals surface area contributed by atoms with Crippen molar-refractivity contribution in [2.75, 3.05) is 92.1 Å². The molecule has 678 valence electrons. The molecule has 0 rings (SSSR count). The molecule has 0 aromatic carbocycles. The summed E-state index contributed by atoms with van der Waals surface area (Å²) in [6.07, 6.45) is 75.1. The lowest BCUT2D eigenvalue weighted by molar-refractivity contribution is -0.146. The Balaban J connectivity index is 5.57. The van der Waals surface area contributed by atoms with Crippen molar-refractivity contribution in [3.8, 4) is 0 Å². The molecule has 114 heavy (non-hydrogen) atoms. The van der Waals surface area contributed by atoms with Gasteiger partial charge in [-0.3, -0.25) is 19.2 Å². The van der Waals surface area contributed by atoms with Gasteiger partial charge < -0.3 is 48.4 Å². The van der Waals surface area contributed by atoms with Crippen LogP contribution in [0.15, 0.2) is 0 Å². The number of hydrogen-bond acceptors (Lipinski definition) is 14. The van der Waals surface area contributed by atoms with Crippen LogP contribution in [0, 0.1) is 23.7 Å². The normalized spacial score (nSPS) is 13.4. The van der Waals surface area contributed by atoms with E-state index in [2.05, 4.69) is 65.2 Å². The lowest BCUT2D eigenvalue weighted by Gasteiger charge is -2.23. The topological polar surface area (TPSA) is 171 Å². The molecule has 0 radical (unpaired) electrons. The number of rotatable bonds is 95. The van der Waals surface area contributed by atoms with Gasteiger partial charge in [0, 0.05) is 52.0 Å². The highest BCUT2D eigenvalue weighted by Gasteiger charge is 2.21. The maximum absolute atomic E-state index is 13.1. The quantitative estimate of drug-likeness (QED) is 0.0335. The smallest absolute Gasteiger partial charge is 0.305 e. The lowest BCUT2D eigenvalue weighted by Crippen LogP contribution is -2.35. The number of aliphatic hydroxyl groups is 2. The average molecular weight is 1620 g/mol. The van der Waals surface area contributed by atoms with Crippen LogP contribution < -0.4 is 0 Å². The Kier molecular flexibility index (Phi) is 88.0. The highest BCUT2D eigenvalue weighted by molar-refractivity contribution is 5.70. The summed E-state index contributed by atoms with van der Waals surface area (Å²) in [6.45, 7) is 26.8. The second-order valence-electron chi connectivity index (χ2n) is 35.4. The van der Waals surface area contributed by atoms with Crippen LogP contribution in [0.25, 0.3) is 0 Å². The number of carbonyl (C=O) groups is 4. The molecule has 0 aliphatic heterocycles. The highest BCUT2D eigenvalue weighted by Crippen LogP contribution is 2.26. The van der Waals surface area contributed by atoms with Gasteiger partial charge in [0.05, 0.1) is 39.6 Å². The second-order valence-corrected chi connectivity index (χ2v) is 35.4. The van der Waals surface area contributed by atoms with Crippen LogP contribution in [0.4, 0.5) is 0 Å². The van der Waals surface area contributed by atoms with E-state index >= 15 is 0 Å². The van der Waals surface area contributed by atoms with Gasteiger partial charge in [0.15, 0.2) is 0 Å². The predicted molar refractivity (Wildman–Crippen MR) is 484 cm³/mol. The summed E-state index contributed by atoms with van der Waals surface area (Å²) in [6, 6.07) is 0. The zero-order valence-corrected chi connectivity index (χ0v) is 77.3. The van der Waals surface area contributed by atoms with Gasteiger partial charge in [0.25, 0.3) is 0 Å². The largest absolute Gasteiger partial charge is 0.465 e. The first-order valence-corrected chi connectivity index (χ1v) is 50.5. The van der Waals surface area contributed by atoms with Crippen molar-refractivity contribution < 1.29 is 57.8 Å². The first-order valence-electron chi connectivity index (χ1n) is 50.5. The minimum Gasteiger partial charge on any atom is -0.465 e. The molecular weight excluding hydrogens is 1420 g/mol. The Morgan fingerprint density at radius 1 is 0.211 bits per heavy atom. The monoisotopic (exact) mass is 1620 g/mol. The minimum atomic E-state index is -1.06. The molecule has 0 aromatic heterocycles. The maximum atomic E-state index is 13.1. The van der Waals surface area contributed by atoms with Crippen molar-refractivity contribution >= 4 is 23.9 Å². The van der Waals surface area contributed by atoms with Crippen molar-refractivity contribution in [3.05, 3.63) is 0 Å². The van der Waals surface area contributed by atoms with Crippen LogP contribution in [-0.2, 0) is 47.6 Å². The van der Waals surface area contributed by atoms with Crippen molar-refractivity contribution in [1.82, 2.24) is 9.80 Å². The molecule has 14 nitrogen and oxygen atoms in total. The average Bonchev–Trinajstić information content (AvgIpc) is 0.983. The summed E-state index contributed by atoms with van der Waals surface area (Å²) in [5.41, 5.74) is 0. The van der Waals surface area contributed by atoms with Crippen LogP contribution in [0.2, 0.25) is 0 Å². The zero-order valence-electron chi connectivity index (χ0n) is 77.3. The van der Waals surface area contributed by atoms with Crippen molar-refractivity contribution in [3.63, 3.8) is 0 Å². The molecule has 0 spiro atoms. The fourth-order valence-electron chi connectivity index (χ4n) is 16.2. The molecule has 0 amide bonds. The first-order chi connectivity index (χ1) is 55.9. The molecule has 2 N–H and O–H groups in total. The van der Waals surface area contributed by atoms with Gasteiger partial charge in [-0.05, 0) is 165 Å². The molecule has 0 aliphatic carbocycles. The molecule has 6 atom stereocenters. The van der Waals surface area contributed by atoms with E-state index in [0.29, 0.717) is 89.0 Å². The maximum Gasteiger partial charge on any atom is 0.305 e. The summed E-state index contributed by atoms with van der Waals surface area (Å²) >= 11 is 0. The summed E-state index contributed by atoms with van der Waals surface area (Å²) in [4.78, 5) is 57.2. The van der Waals surface area contributed by atoms with E-state index in [4.69, 9.17) is 28.4 Å². The number of esters is 4. The van der Waals surface area contributed by atoms with E-state index in [1.54, 1.807) is 0 Å². The van der Waals surface area contributed by atoms with Crippen LogP contribution in [-0.4, -0.2) is 148 Å². The number of ether oxygens (including phenoxy) is 6. The van der Waals surface area contributed by atoms with Crippen LogP contribution in [0.5, 0.6) is 0 Å². The van der Waals surface area contributed by atoms with E-state index in [0.717, 1.165) is 181 Å². The SMILES string of the molecule is CCCCCCCCC(CCCCCC)COC(=O)CCCCCCCN(CCCCCC(=O)OCC(CCCCCC)CCCCCCCC)CCCOCC(O)C(O)COCCCN(CCCCCC(=O)OCC(CCCCCC)CCCCCCCC)CCCCCC(=O)OCC(CCCCCC)CCCCCCCC. The Morgan fingerprint density at radius 2 is 0.377 bits per heavy atom. The van der Waals surface area contributed by atoms with Crippen LogP contribution >= 0.6 is 0 Å². The first kappa shape index (κ1) is 112. The molecule has 0 aliphatic rings. The van der Waals surface area contributed by atoms with Crippen molar-refractivity contribution in [2.45, 2.75) is 504 Å². The number of unbranched alkanes of at least 4 members (excludes halogenated alkanes) is 42. The van der Waals surface area contributed by atoms with Crippen molar-refractivity contribution in [2.24, 2.45) is 23.7 Å². The zero-order chi connectivity index (χ0) is 83.2. The van der Waals surface area contributed by atoms with Gasteiger partial charge in [-0.15, -0.1) is 0 Å². The molecule has 14 heteroatoms. The summed E-state index contributed by atoms with van der Waals surface area (Å²) in [7, 11) is 0. The van der Waals surface area contributed by atoms with Gasteiger partial charge in [0.2, 0.25) is 0 Å². The van der Waals surface area contributed by atoms with E-state index in [1.807, 2.05) is 0 Å². The fraction of sp³-hybridized carbons (Fsp3) is 0.960. The minimum absolute atomic E-state index is 0.0293. The molecular formula is C100H196N2O12. The Morgan fingerprint density at radius 3 is 0.596 bits per heavy atom. The third-order valence-electron chi connectivity index (χ3n) is 24.1. The van der Waals surface area contributed by atoms with Gasteiger partial charge in [-0.25, -0.2) is 0 Å². The highest BCUT2D eigenvalue weighted by atomic mass is 16.5.